The fraction of sp³-hybridized carbons (Fsp3) is 0.583. The number of fused-ring (bicyclic) bond motifs is 1. The molecular formula is C24H34O6. The van der Waals surface area contributed by atoms with Crippen molar-refractivity contribution in [3.05, 3.63) is 48.1 Å². The molecule has 0 aromatic rings. The van der Waals surface area contributed by atoms with Crippen LogP contribution in [0.3, 0.4) is 0 Å². The Morgan fingerprint density at radius 2 is 1.83 bits per heavy atom. The molecule has 0 aromatic carbocycles. The second-order valence-corrected chi connectivity index (χ2v) is 8.96. The highest BCUT2D eigenvalue weighted by Gasteiger charge is 2.67. The van der Waals surface area contributed by atoms with Gasteiger partial charge in [0.05, 0.1) is 13.7 Å². The van der Waals surface area contributed by atoms with Gasteiger partial charge < -0.3 is 19.7 Å². The number of carbonyl (C=O) groups is 2. The van der Waals surface area contributed by atoms with E-state index in [1.807, 2.05) is 26.0 Å². The molecule has 0 radical (unpaired) electrons. The molecule has 0 bridgehead atoms. The highest BCUT2D eigenvalue weighted by atomic mass is 16.5. The van der Waals surface area contributed by atoms with E-state index in [0.29, 0.717) is 6.42 Å². The van der Waals surface area contributed by atoms with E-state index in [9.17, 15) is 19.8 Å². The number of aliphatic hydroxyl groups excluding tert-OH is 1. The van der Waals surface area contributed by atoms with Crippen molar-refractivity contribution in [2.45, 2.75) is 58.7 Å². The molecule has 1 fully saturated rings. The summed E-state index contributed by atoms with van der Waals surface area (Å²) in [6, 6.07) is 0. The van der Waals surface area contributed by atoms with E-state index in [4.69, 9.17) is 9.47 Å². The molecule has 2 rings (SSSR count). The maximum atomic E-state index is 12.7. The molecule has 0 unspecified atom stereocenters. The molecule has 0 amide bonds. The fourth-order valence-electron chi connectivity index (χ4n) is 5.41. The zero-order valence-electron chi connectivity index (χ0n) is 18.6. The highest BCUT2D eigenvalue weighted by Crippen LogP contribution is 2.61. The molecule has 2 aliphatic carbocycles. The lowest BCUT2D eigenvalue weighted by Gasteiger charge is -2.60. The smallest absolute Gasteiger partial charge is 0.342 e. The number of allylic oxidation sites excluding steroid dienone is 5. The number of methoxy groups -OCH3 is 1. The van der Waals surface area contributed by atoms with E-state index in [0.717, 1.165) is 12.8 Å². The third-order valence-electron chi connectivity index (χ3n) is 6.69. The number of rotatable bonds is 6. The topological polar surface area (TPSA) is 93.1 Å². The summed E-state index contributed by atoms with van der Waals surface area (Å²) >= 11 is 0. The molecule has 166 valence electrons. The first kappa shape index (κ1) is 24.1. The zero-order valence-corrected chi connectivity index (χ0v) is 18.6. The predicted molar refractivity (Wildman–Crippen MR) is 114 cm³/mol. The normalized spacial score (nSPS) is 33.5. The summed E-state index contributed by atoms with van der Waals surface area (Å²) in [7, 11) is 1.22. The lowest BCUT2D eigenvalue weighted by atomic mass is 9.46. The minimum absolute atomic E-state index is 0.112. The van der Waals surface area contributed by atoms with Crippen molar-refractivity contribution in [3.8, 4) is 0 Å². The van der Waals surface area contributed by atoms with Gasteiger partial charge in [0.25, 0.3) is 0 Å². The van der Waals surface area contributed by atoms with Crippen LogP contribution in [0.2, 0.25) is 0 Å². The fourth-order valence-corrected chi connectivity index (χ4v) is 5.41. The van der Waals surface area contributed by atoms with Crippen molar-refractivity contribution >= 4 is 11.9 Å². The SMILES string of the molecule is C/C=C/C=C/C=C/C(=O)O[C@@H]1C=C(CO)[C@](O)(C(=O)OC)[C@@]2(C)CCCC(C)(C)[C@@H]12. The highest BCUT2D eigenvalue weighted by molar-refractivity contribution is 5.86. The Balaban J connectivity index is 2.48. The summed E-state index contributed by atoms with van der Waals surface area (Å²) < 4.78 is 10.7. The Bertz CT molecular complexity index is 775. The Hall–Kier alpha value is -2.18. The minimum atomic E-state index is -1.98. The van der Waals surface area contributed by atoms with Crippen LogP contribution in [0.25, 0.3) is 0 Å². The Labute approximate surface area is 179 Å². The number of hydrogen-bond donors (Lipinski definition) is 2. The van der Waals surface area contributed by atoms with E-state index in [1.165, 1.54) is 19.3 Å². The molecular weight excluding hydrogens is 384 g/mol. The van der Waals surface area contributed by atoms with Gasteiger partial charge in [0.15, 0.2) is 5.60 Å². The van der Waals surface area contributed by atoms with Gasteiger partial charge in [-0.25, -0.2) is 9.59 Å². The molecule has 0 aromatic heterocycles. The van der Waals surface area contributed by atoms with Crippen molar-refractivity contribution < 1.29 is 29.3 Å². The summed E-state index contributed by atoms with van der Waals surface area (Å²) in [5.41, 5.74) is -3.14. The molecule has 0 aliphatic heterocycles. The van der Waals surface area contributed by atoms with Gasteiger partial charge in [-0.2, -0.15) is 0 Å². The molecule has 6 heteroatoms. The van der Waals surface area contributed by atoms with E-state index in [1.54, 1.807) is 18.2 Å². The quantitative estimate of drug-likeness (QED) is 0.298. The summed E-state index contributed by atoms with van der Waals surface area (Å²) in [5.74, 6) is -1.66. The molecule has 1 saturated carbocycles. The molecule has 4 atom stereocenters. The van der Waals surface area contributed by atoms with E-state index in [2.05, 4.69) is 13.8 Å². The third kappa shape index (κ3) is 4.16. The van der Waals surface area contributed by atoms with Crippen LogP contribution in [0, 0.1) is 16.7 Å². The predicted octanol–water partition coefficient (Wildman–Crippen LogP) is 3.26. The number of esters is 2. The van der Waals surface area contributed by atoms with Crippen LogP contribution in [0.5, 0.6) is 0 Å². The van der Waals surface area contributed by atoms with Gasteiger partial charge in [-0.05, 0) is 36.8 Å². The third-order valence-corrected chi connectivity index (χ3v) is 6.69. The monoisotopic (exact) mass is 418 g/mol. The van der Waals surface area contributed by atoms with Gasteiger partial charge in [-0.15, -0.1) is 0 Å². The number of carbonyl (C=O) groups excluding carboxylic acids is 2. The first-order valence-corrected chi connectivity index (χ1v) is 10.4. The maximum Gasteiger partial charge on any atom is 0.342 e. The van der Waals surface area contributed by atoms with Crippen molar-refractivity contribution in [1.29, 1.82) is 0 Å². The Morgan fingerprint density at radius 1 is 1.17 bits per heavy atom. The van der Waals surface area contributed by atoms with Crippen molar-refractivity contribution in [2.75, 3.05) is 13.7 Å². The largest absolute Gasteiger partial charge is 0.467 e. The van der Waals surface area contributed by atoms with Crippen LogP contribution in [0.1, 0.15) is 47.0 Å². The first-order valence-electron chi connectivity index (χ1n) is 10.4. The maximum absolute atomic E-state index is 12.7. The van der Waals surface area contributed by atoms with Crippen LogP contribution in [-0.4, -0.2) is 47.6 Å². The Morgan fingerprint density at radius 3 is 2.43 bits per heavy atom. The van der Waals surface area contributed by atoms with E-state index >= 15 is 0 Å². The van der Waals surface area contributed by atoms with Gasteiger partial charge in [0.2, 0.25) is 0 Å². The van der Waals surface area contributed by atoms with Crippen molar-refractivity contribution in [2.24, 2.45) is 16.7 Å². The average molecular weight is 419 g/mol. The molecule has 0 heterocycles. The summed E-state index contributed by atoms with van der Waals surface area (Å²) in [6.07, 6.45) is 13.2. The average Bonchev–Trinajstić information content (AvgIpc) is 2.68. The second-order valence-electron chi connectivity index (χ2n) is 8.96. The first-order chi connectivity index (χ1) is 14.1. The van der Waals surface area contributed by atoms with Crippen LogP contribution >= 0.6 is 0 Å². The van der Waals surface area contributed by atoms with Crippen molar-refractivity contribution in [3.63, 3.8) is 0 Å². The number of aliphatic hydroxyl groups is 2. The van der Waals surface area contributed by atoms with Gasteiger partial charge in [0.1, 0.15) is 6.10 Å². The summed E-state index contributed by atoms with van der Waals surface area (Å²) in [5, 5.41) is 21.6. The van der Waals surface area contributed by atoms with E-state index in [-0.39, 0.29) is 16.9 Å². The molecule has 0 spiro atoms. The Kier molecular flexibility index (Phi) is 7.48. The van der Waals surface area contributed by atoms with Crippen LogP contribution in [0.4, 0.5) is 0 Å². The molecule has 2 aliphatic rings. The number of ether oxygens (including phenoxy) is 2. The minimum Gasteiger partial charge on any atom is -0.467 e. The van der Waals surface area contributed by atoms with Gasteiger partial charge in [-0.1, -0.05) is 57.6 Å². The van der Waals surface area contributed by atoms with Crippen LogP contribution < -0.4 is 0 Å². The van der Waals surface area contributed by atoms with Crippen molar-refractivity contribution in [1.82, 2.24) is 0 Å². The van der Waals surface area contributed by atoms with Crippen LogP contribution in [-0.2, 0) is 19.1 Å². The second kappa shape index (κ2) is 9.31. The van der Waals surface area contributed by atoms with Gasteiger partial charge in [-0.3, -0.25) is 0 Å². The summed E-state index contributed by atoms with van der Waals surface area (Å²) in [4.78, 5) is 25.2. The zero-order chi connectivity index (χ0) is 22.6. The molecule has 2 N–H and O–H groups in total. The van der Waals surface area contributed by atoms with Gasteiger partial charge >= 0.3 is 11.9 Å². The van der Waals surface area contributed by atoms with Gasteiger partial charge in [0, 0.05) is 17.4 Å². The molecule has 30 heavy (non-hydrogen) atoms. The molecule has 6 nitrogen and oxygen atoms in total. The van der Waals surface area contributed by atoms with Crippen LogP contribution in [0.15, 0.2) is 48.1 Å². The standard InChI is InChI=1S/C24H34O6/c1-6-7-8-9-10-12-19(26)30-18-15-17(16-25)24(28,21(27)29-5)23(4)14-11-13-22(2,3)20(18)23/h6-10,12,15,18,20,25,28H,11,13-14,16H2,1-5H3/b7-6+,9-8+,12-10+/t18-,20-,23+,24+/m1/s1. The number of hydrogen-bond acceptors (Lipinski definition) is 6. The lowest BCUT2D eigenvalue weighted by molar-refractivity contribution is -0.206. The van der Waals surface area contributed by atoms with E-state index < -0.39 is 35.7 Å². The summed E-state index contributed by atoms with van der Waals surface area (Å²) in [6.45, 7) is 7.30. The molecule has 0 saturated heterocycles. The lowest BCUT2D eigenvalue weighted by Crippen LogP contribution is -2.67.